The number of hydrogen-bond donors (Lipinski definition) is 1. The molecule has 0 saturated heterocycles. The molecule has 1 aromatic rings. The van der Waals surface area contributed by atoms with E-state index in [0.29, 0.717) is 5.69 Å². The van der Waals surface area contributed by atoms with Gasteiger partial charge in [-0.2, -0.15) is 0 Å². The summed E-state index contributed by atoms with van der Waals surface area (Å²) in [7, 11) is 0. The first-order valence-electron chi connectivity index (χ1n) is 4.31. The summed E-state index contributed by atoms with van der Waals surface area (Å²) in [6.07, 6.45) is 5.19. The number of halogens is 2. The third-order valence-corrected chi connectivity index (χ3v) is 2.44. The van der Waals surface area contributed by atoms with Gasteiger partial charge in [-0.3, -0.25) is 10.1 Å². The van der Waals surface area contributed by atoms with Crippen LogP contribution in [0.3, 0.4) is 0 Å². The fraction of sp³-hybridized carbons (Fsp3) is 0.200. The van der Waals surface area contributed by atoms with Crippen molar-refractivity contribution in [1.82, 2.24) is 0 Å². The van der Waals surface area contributed by atoms with Gasteiger partial charge in [0.1, 0.15) is 0 Å². The summed E-state index contributed by atoms with van der Waals surface area (Å²) in [5.41, 5.74) is 0.244. The molecule has 84 valence electrons. The Morgan fingerprint density at radius 2 is 2.00 bits per heavy atom. The van der Waals surface area contributed by atoms with E-state index in [1.807, 2.05) is 0 Å². The Kier molecular flexibility index (Phi) is 3.99. The van der Waals surface area contributed by atoms with Crippen LogP contribution < -0.4 is 5.32 Å². The van der Waals surface area contributed by atoms with Crippen molar-refractivity contribution in [1.29, 1.82) is 0 Å². The second-order valence-corrected chi connectivity index (χ2v) is 3.89. The van der Waals surface area contributed by atoms with Gasteiger partial charge in [0, 0.05) is 12.1 Å². The zero-order valence-electron chi connectivity index (χ0n) is 8.33. The van der Waals surface area contributed by atoms with E-state index < -0.39 is 4.92 Å². The molecule has 6 heteroatoms. The molecule has 0 radical (unpaired) electrons. The van der Waals surface area contributed by atoms with Crippen LogP contribution in [0.15, 0.2) is 12.1 Å². The predicted octanol–water partition coefficient (Wildman–Crippen LogP) is 3.34. The molecule has 0 aliphatic rings. The second-order valence-electron chi connectivity index (χ2n) is 3.07. The molecule has 0 aliphatic carbocycles. The summed E-state index contributed by atoms with van der Waals surface area (Å²) in [5.74, 6) is 2.44. The summed E-state index contributed by atoms with van der Waals surface area (Å²) < 4.78 is 0. The first-order chi connectivity index (χ1) is 7.45. The van der Waals surface area contributed by atoms with E-state index >= 15 is 0 Å². The third-order valence-electron chi connectivity index (χ3n) is 1.85. The van der Waals surface area contributed by atoms with Gasteiger partial charge in [-0.15, -0.1) is 6.42 Å². The van der Waals surface area contributed by atoms with Crippen molar-refractivity contribution in [3.8, 4) is 12.3 Å². The van der Waals surface area contributed by atoms with Gasteiger partial charge in [-0.1, -0.05) is 29.1 Å². The summed E-state index contributed by atoms with van der Waals surface area (Å²) >= 11 is 11.7. The van der Waals surface area contributed by atoms with Crippen molar-refractivity contribution < 1.29 is 4.92 Å². The highest BCUT2D eigenvalue weighted by atomic mass is 35.5. The highest BCUT2D eigenvalue weighted by molar-refractivity contribution is 6.39. The van der Waals surface area contributed by atoms with Crippen LogP contribution >= 0.6 is 23.2 Å². The Balaban J connectivity index is 3.13. The van der Waals surface area contributed by atoms with Crippen LogP contribution in [0.4, 0.5) is 11.4 Å². The number of terminal acetylenes is 1. The van der Waals surface area contributed by atoms with Gasteiger partial charge in [0.2, 0.25) is 0 Å². The smallest absolute Gasteiger partial charge is 0.272 e. The van der Waals surface area contributed by atoms with Crippen molar-refractivity contribution in [3.63, 3.8) is 0 Å². The fourth-order valence-electron chi connectivity index (χ4n) is 1.06. The molecule has 1 unspecified atom stereocenters. The highest BCUT2D eigenvalue weighted by Gasteiger charge is 2.15. The molecular weight excluding hydrogens is 251 g/mol. The van der Waals surface area contributed by atoms with Crippen LogP contribution in [0.1, 0.15) is 6.92 Å². The Hall–Kier alpha value is -1.44. The van der Waals surface area contributed by atoms with Crippen LogP contribution in [0.5, 0.6) is 0 Å². The van der Waals surface area contributed by atoms with Crippen LogP contribution in [0.2, 0.25) is 10.0 Å². The summed E-state index contributed by atoms with van der Waals surface area (Å²) in [4.78, 5) is 9.97. The number of nitrogens with zero attached hydrogens (tertiary/aromatic N) is 1. The molecule has 0 bridgehead atoms. The normalized spacial score (nSPS) is 11.6. The summed E-state index contributed by atoms with van der Waals surface area (Å²) in [5, 5.41) is 13.7. The Bertz CT molecular complexity index is 445. The van der Waals surface area contributed by atoms with E-state index in [-0.39, 0.29) is 21.8 Å². The zero-order valence-corrected chi connectivity index (χ0v) is 9.84. The molecule has 0 fully saturated rings. The first-order valence-corrected chi connectivity index (χ1v) is 5.07. The molecule has 0 amide bonds. The lowest BCUT2D eigenvalue weighted by Crippen LogP contribution is -2.12. The van der Waals surface area contributed by atoms with Crippen molar-refractivity contribution in [2.75, 3.05) is 5.32 Å². The minimum Gasteiger partial charge on any atom is -0.369 e. The molecule has 1 atom stereocenters. The number of nitro benzene ring substituents is 1. The predicted molar refractivity (Wildman–Crippen MR) is 65.0 cm³/mol. The minimum atomic E-state index is -0.563. The molecule has 1 aromatic carbocycles. The van der Waals surface area contributed by atoms with Crippen molar-refractivity contribution >= 4 is 34.6 Å². The standard InChI is InChI=1S/C10H8Cl2N2O2/c1-3-6(2)13-10-8(11)4-7(14(15)16)5-9(10)12/h1,4-6,13H,2H3. The van der Waals surface area contributed by atoms with Crippen LogP contribution in [-0.4, -0.2) is 11.0 Å². The Labute approximate surface area is 103 Å². The molecule has 0 aliphatic heterocycles. The number of benzene rings is 1. The molecule has 1 N–H and O–H groups in total. The van der Waals surface area contributed by atoms with Gasteiger partial charge in [0.25, 0.3) is 5.69 Å². The number of hydrogen-bond acceptors (Lipinski definition) is 3. The van der Waals surface area contributed by atoms with Gasteiger partial charge in [0.15, 0.2) is 0 Å². The molecule has 0 heterocycles. The summed E-state index contributed by atoms with van der Waals surface area (Å²) in [6, 6.07) is 2.18. The van der Waals surface area contributed by atoms with Crippen LogP contribution in [-0.2, 0) is 0 Å². The average molecular weight is 259 g/mol. The maximum atomic E-state index is 10.5. The average Bonchev–Trinajstić information content (AvgIpc) is 2.22. The van der Waals surface area contributed by atoms with E-state index in [1.54, 1.807) is 6.92 Å². The lowest BCUT2D eigenvalue weighted by Gasteiger charge is -2.12. The van der Waals surface area contributed by atoms with E-state index in [4.69, 9.17) is 29.6 Å². The van der Waals surface area contributed by atoms with E-state index in [9.17, 15) is 10.1 Å². The Morgan fingerprint density at radius 1 is 1.50 bits per heavy atom. The summed E-state index contributed by atoms with van der Waals surface area (Å²) in [6.45, 7) is 1.74. The largest absolute Gasteiger partial charge is 0.369 e. The lowest BCUT2D eigenvalue weighted by molar-refractivity contribution is -0.384. The number of nitrogens with one attached hydrogen (secondary N) is 1. The first kappa shape index (κ1) is 12.6. The maximum absolute atomic E-state index is 10.5. The minimum absolute atomic E-state index is 0.158. The topological polar surface area (TPSA) is 55.2 Å². The molecule has 4 nitrogen and oxygen atoms in total. The number of rotatable bonds is 3. The number of anilines is 1. The molecular formula is C10H8Cl2N2O2. The van der Waals surface area contributed by atoms with E-state index in [2.05, 4.69) is 11.2 Å². The molecule has 1 rings (SSSR count). The molecule has 16 heavy (non-hydrogen) atoms. The second kappa shape index (κ2) is 5.06. The Morgan fingerprint density at radius 3 is 2.38 bits per heavy atom. The van der Waals surface area contributed by atoms with Gasteiger partial charge < -0.3 is 5.32 Å². The van der Waals surface area contributed by atoms with Crippen LogP contribution in [0, 0.1) is 22.5 Å². The van der Waals surface area contributed by atoms with Crippen molar-refractivity contribution in [2.24, 2.45) is 0 Å². The van der Waals surface area contributed by atoms with Gasteiger partial charge in [-0.25, -0.2) is 0 Å². The monoisotopic (exact) mass is 258 g/mol. The molecule has 0 aromatic heterocycles. The third kappa shape index (κ3) is 2.78. The van der Waals surface area contributed by atoms with E-state index in [0.717, 1.165) is 0 Å². The van der Waals surface area contributed by atoms with Crippen LogP contribution in [0.25, 0.3) is 0 Å². The quantitative estimate of drug-likeness (QED) is 0.514. The fourth-order valence-corrected chi connectivity index (χ4v) is 1.65. The molecule has 0 spiro atoms. The van der Waals surface area contributed by atoms with Gasteiger partial charge in [-0.05, 0) is 6.92 Å². The zero-order chi connectivity index (χ0) is 12.3. The highest BCUT2D eigenvalue weighted by Crippen LogP contribution is 2.34. The van der Waals surface area contributed by atoms with Crippen molar-refractivity contribution in [3.05, 3.63) is 32.3 Å². The van der Waals surface area contributed by atoms with Gasteiger partial charge >= 0.3 is 0 Å². The number of non-ortho nitro benzene ring substituents is 1. The number of nitro groups is 1. The SMILES string of the molecule is C#CC(C)Nc1c(Cl)cc([N+](=O)[O-])cc1Cl. The van der Waals surface area contributed by atoms with Gasteiger partial charge in [0.05, 0.1) is 26.7 Å². The van der Waals surface area contributed by atoms with E-state index in [1.165, 1.54) is 12.1 Å². The molecule has 0 saturated carbocycles. The maximum Gasteiger partial charge on any atom is 0.272 e. The lowest BCUT2D eigenvalue weighted by atomic mass is 10.2. The van der Waals surface area contributed by atoms with Crippen molar-refractivity contribution in [2.45, 2.75) is 13.0 Å².